The second kappa shape index (κ2) is 5.26. The lowest BCUT2D eigenvalue weighted by atomic mass is 9.86. The highest BCUT2D eigenvalue weighted by molar-refractivity contribution is 6.50. The van der Waals surface area contributed by atoms with E-state index in [4.69, 9.17) is 11.6 Å². The van der Waals surface area contributed by atoms with Crippen molar-refractivity contribution in [1.29, 1.82) is 0 Å². The third-order valence-corrected chi connectivity index (χ3v) is 4.94. The van der Waals surface area contributed by atoms with Crippen molar-refractivity contribution < 1.29 is 0 Å². The van der Waals surface area contributed by atoms with Crippen LogP contribution in [0.5, 0.6) is 0 Å². The molecule has 2 aromatic carbocycles. The maximum Gasteiger partial charge on any atom is 0.0743 e. The zero-order valence-corrected chi connectivity index (χ0v) is 13.1. The maximum absolute atomic E-state index is 6.66. The van der Waals surface area contributed by atoms with Gasteiger partial charge in [0.1, 0.15) is 0 Å². The van der Waals surface area contributed by atoms with Crippen LogP contribution in [-0.2, 0) is 0 Å². The molecule has 108 valence electrons. The molecule has 3 aromatic rings. The lowest BCUT2D eigenvalue weighted by Gasteiger charge is -2.18. The first kappa shape index (κ1) is 13.5. The Morgan fingerprint density at radius 1 is 0.955 bits per heavy atom. The van der Waals surface area contributed by atoms with Crippen LogP contribution in [0.2, 0.25) is 0 Å². The smallest absolute Gasteiger partial charge is 0.0743 e. The molecule has 1 aliphatic rings. The maximum atomic E-state index is 6.66. The van der Waals surface area contributed by atoms with Crippen molar-refractivity contribution in [3.8, 4) is 0 Å². The molecule has 1 aromatic heterocycles. The lowest BCUT2D eigenvalue weighted by molar-refractivity contribution is 0.912. The van der Waals surface area contributed by atoms with Crippen LogP contribution < -0.4 is 0 Å². The topological polar surface area (TPSA) is 12.9 Å². The molecule has 0 N–H and O–H groups in total. The largest absolute Gasteiger partial charge is 0.256 e. The van der Waals surface area contributed by atoms with Crippen molar-refractivity contribution >= 4 is 27.5 Å². The van der Waals surface area contributed by atoms with E-state index in [1.54, 1.807) is 0 Å². The number of pyridine rings is 1. The normalized spacial score (nSPS) is 17.1. The first-order chi connectivity index (χ1) is 10.8. The fourth-order valence-electron chi connectivity index (χ4n) is 3.51. The van der Waals surface area contributed by atoms with Crippen molar-refractivity contribution in [3.05, 3.63) is 83.1 Å². The second-order valence-electron chi connectivity index (χ2n) is 5.64. The number of rotatable bonds is 2. The first-order valence-electron chi connectivity index (χ1n) is 7.62. The zero-order chi connectivity index (χ0) is 15.1. The van der Waals surface area contributed by atoms with Gasteiger partial charge in [-0.2, -0.15) is 0 Å². The number of aromatic nitrogens is 1. The molecule has 4 rings (SSSR count). The van der Waals surface area contributed by atoms with E-state index in [0.717, 1.165) is 17.0 Å². The number of hydrogen-bond donors (Lipinski definition) is 0. The minimum Gasteiger partial charge on any atom is -0.256 e. The number of benzene rings is 2. The van der Waals surface area contributed by atoms with Crippen molar-refractivity contribution in [2.24, 2.45) is 0 Å². The molecule has 0 radical (unpaired) electrons. The lowest BCUT2D eigenvalue weighted by Crippen LogP contribution is -2.02. The van der Waals surface area contributed by atoms with Crippen molar-refractivity contribution in [2.45, 2.75) is 19.3 Å². The van der Waals surface area contributed by atoms with Gasteiger partial charge in [0.25, 0.3) is 0 Å². The van der Waals surface area contributed by atoms with E-state index < -0.39 is 0 Å². The van der Waals surface area contributed by atoms with Crippen LogP contribution >= 0.6 is 11.6 Å². The van der Waals surface area contributed by atoms with Crippen LogP contribution in [0.15, 0.2) is 66.4 Å². The molecule has 1 heterocycles. The Bertz CT molecular complexity index is 890. The SMILES string of the molecule is CCC1=C(Cl)c2ccccc2C1c1cccc2cccnc12. The van der Waals surface area contributed by atoms with Crippen LogP contribution in [0.3, 0.4) is 0 Å². The summed E-state index contributed by atoms with van der Waals surface area (Å²) in [5.41, 5.74) is 6.07. The summed E-state index contributed by atoms with van der Waals surface area (Å²) in [5, 5.41) is 2.09. The molecule has 1 unspecified atom stereocenters. The van der Waals surface area contributed by atoms with Crippen LogP contribution in [0, 0.1) is 0 Å². The van der Waals surface area contributed by atoms with E-state index in [-0.39, 0.29) is 5.92 Å². The summed E-state index contributed by atoms with van der Waals surface area (Å²) < 4.78 is 0. The van der Waals surface area contributed by atoms with Crippen LogP contribution in [0.4, 0.5) is 0 Å². The van der Waals surface area contributed by atoms with Gasteiger partial charge in [0.15, 0.2) is 0 Å². The number of halogens is 1. The van der Waals surface area contributed by atoms with Gasteiger partial charge < -0.3 is 0 Å². The molecule has 2 heteroatoms. The molecule has 0 fully saturated rings. The third kappa shape index (κ3) is 1.89. The average Bonchev–Trinajstić information content (AvgIpc) is 2.87. The predicted molar refractivity (Wildman–Crippen MR) is 93.1 cm³/mol. The highest BCUT2D eigenvalue weighted by Gasteiger charge is 2.31. The van der Waals surface area contributed by atoms with Gasteiger partial charge in [-0.3, -0.25) is 4.98 Å². The van der Waals surface area contributed by atoms with E-state index in [9.17, 15) is 0 Å². The Kier molecular flexibility index (Phi) is 3.24. The molecule has 1 atom stereocenters. The molecular weight excluding hydrogens is 290 g/mol. The van der Waals surface area contributed by atoms with Gasteiger partial charge in [0.05, 0.1) is 5.52 Å². The molecule has 22 heavy (non-hydrogen) atoms. The molecule has 0 saturated carbocycles. The molecule has 1 aliphatic carbocycles. The summed E-state index contributed by atoms with van der Waals surface area (Å²) in [4.78, 5) is 4.63. The Hall–Kier alpha value is -2.12. The quantitative estimate of drug-likeness (QED) is 0.588. The Balaban J connectivity index is 2.02. The first-order valence-corrected chi connectivity index (χ1v) is 8.00. The van der Waals surface area contributed by atoms with Crippen molar-refractivity contribution in [1.82, 2.24) is 4.98 Å². The van der Waals surface area contributed by atoms with E-state index in [1.807, 2.05) is 12.3 Å². The molecule has 0 bridgehead atoms. The summed E-state index contributed by atoms with van der Waals surface area (Å²) in [7, 11) is 0. The van der Waals surface area contributed by atoms with E-state index in [0.29, 0.717) is 0 Å². The number of fused-ring (bicyclic) bond motifs is 2. The van der Waals surface area contributed by atoms with E-state index in [2.05, 4.69) is 60.4 Å². The molecule has 0 saturated heterocycles. The highest BCUT2D eigenvalue weighted by atomic mass is 35.5. The highest BCUT2D eigenvalue weighted by Crippen LogP contribution is 2.49. The van der Waals surface area contributed by atoms with Crippen molar-refractivity contribution in [2.75, 3.05) is 0 Å². The van der Waals surface area contributed by atoms with Gasteiger partial charge in [0, 0.05) is 22.5 Å². The number of hydrogen-bond acceptors (Lipinski definition) is 1. The van der Waals surface area contributed by atoms with Gasteiger partial charge in [0.2, 0.25) is 0 Å². The molecular formula is C20H16ClN. The van der Waals surface area contributed by atoms with Crippen molar-refractivity contribution in [3.63, 3.8) is 0 Å². The molecule has 0 amide bonds. The minimum atomic E-state index is 0.215. The second-order valence-corrected chi connectivity index (χ2v) is 6.01. The molecule has 0 aliphatic heterocycles. The fraction of sp³-hybridized carbons (Fsp3) is 0.150. The minimum absolute atomic E-state index is 0.215. The van der Waals surface area contributed by atoms with Crippen LogP contribution in [0.1, 0.15) is 36.0 Å². The van der Waals surface area contributed by atoms with Gasteiger partial charge >= 0.3 is 0 Å². The monoisotopic (exact) mass is 305 g/mol. The summed E-state index contributed by atoms with van der Waals surface area (Å²) in [6.07, 6.45) is 2.81. The summed E-state index contributed by atoms with van der Waals surface area (Å²) in [6.45, 7) is 2.18. The van der Waals surface area contributed by atoms with Crippen LogP contribution in [0.25, 0.3) is 15.9 Å². The van der Waals surface area contributed by atoms with E-state index >= 15 is 0 Å². The zero-order valence-electron chi connectivity index (χ0n) is 12.4. The summed E-state index contributed by atoms with van der Waals surface area (Å²) in [5.74, 6) is 0.215. The number of nitrogens with zero attached hydrogens (tertiary/aromatic N) is 1. The van der Waals surface area contributed by atoms with E-state index in [1.165, 1.54) is 27.6 Å². The Morgan fingerprint density at radius 2 is 1.73 bits per heavy atom. The summed E-state index contributed by atoms with van der Waals surface area (Å²) >= 11 is 6.66. The number of para-hydroxylation sites is 1. The molecule has 0 spiro atoms. The van der Waals surface area contributed by atoms with Gasteiger partial charge in [-0.05, 0) is 34.8 Å². The third-order valence-electron chi connectivity index (χ3n) is 4.49. The van der Waals surface area contributed by atoms with Gasteiger partial charge in [-0.25, -0.2) is 0 Å². The average molecular weight is 306 g/mol. The number of allylic oxidation sites excluding steroid dienone is 1. The standard InChI is InChI=1S/C20H16ClN/c1-2-14-18(15-9-3-4-10-16(15)19(14)21)17-11-5-7-13-8-6-12-22-20(13)17/h3-12,18H,2H2,1H3. The van der Waals surface area contributed by atoms with Gasteiger partial charge in [-0.1, -0.05) is 67.1 Å². The van der Waals surface area contributed by atoms with Crippen LogP contribution in [-0.4, -0.2) is 4.98 Å². The molecule has 1 nitrogen and oxygen atoms in total. The summed E-state index contributed by atoms with van der Waals surface area (Å²) in [6, 6.07) is 19.0. The predicted octanol–water partition coefficient (Wildman–Crippen LogP) is 5.74. The Morgan fingerprint density at radius 3 is 2.59 bits per heavy atom. The Labute approximate surface area is 135 Å². The van der Waals surface area contributed by atoms with Gasteiger partial charge in [-0.15, -0.1) is 0 Å². The fourth-order valence-corrected chi connectivity index (χ4v) is 3.93.